The Morgan fingerprint density at radius 3 is 2.84 bits per heavy atom. The molecule has 1 aromatic rings. The molecule has 25 heavy (non-hydrogen) atoms. The van der Waals surface area contributed by atoms with Crippen LogP contribution in [0.3, 0.4) is 0 Å². The number of halogens is 2. The van der Waals surface area contributed by atoms with Gasteiger partial charge in [0.2, 0.25) is 0 Å². The second-order valence-electron chi connectivity index (χ2n) is 7.37. The lowest BCUT2D eigenvalue weighted by Crippen LogP contribution is -2.46. The van der Waals surface area contributed by atoms with E-state index in [4.69, 9.17) is 12.2 Å². The van der Waals surface area contributed by atoms with Gasteiger partial charge in [-0.25, -0.2) is 8.78 Å². The molecule has 7 heteroatoms. The first kappa shape index (κ1) is 17.1. The molecule has 136 valence electrons. The lowest BCUT2D eigenvalue weighted by molar-refractivity contribution is 0.0538. The van der Waals surface area contributed by atoms with Crippen molar-refractivity contribution in [2.24, 2.45) is 11.8 Å². The highest BCUT2D eigenvalue weighted by Gasteiger charge is 2.71. The second kappa shape index (κ2) is 6.76. The van der Waals surface area contributed by atoms with Crippen LogP contribution in [0.25, 0.3) is 0 Å². The Bertz CT molecular complexity index is 613. The molecule has 3 heterocycles. The molecule has 3 fully saturated rings. The maximum Gasteiger partial charge on any atom is 0.257 e. The van der Waals surface area contributed by atoms with E-state index < -0.39 is 17.8 Å². The molecule has 1 aliphatic carbocycles. The molecule has 3 aliphatic rings. The number of pyridine rings is 1. The van der Waals surface area contributed by atoms with Gasteiger partial charge in [-0.1, -0.05) is 6.07 Å². The molecule has 0 bridgehead atoms. The predicted molar refractivity (Wildman–Crippen MR) is 96.5 cm³/mol. The summed E-state index contributed by atoms with van der Waals surface area (Å²) < 4.78 is 26.5. The van der Waals surface area contributed by atoms with Crippen molar-refractivity contribution in [2.75, 3.05) is 32.7 Å². The third-order valence-corrected chi connectivity index (χ3v) is 6.19. The van der Waals surface area contributed by atoms with Gasteiger partial charge in [0.25, 0.3) is 5.92 Å². The predicted octanol–water partition coefficient (Wildman–Crippen LogP) is 2.68. The Labute approximate surface area is 152 Å². The first-order valence-electron chi connectivity index (χ1n) is 9.12. The Morgan fingerprint density at radius 1 is 1.32 bits per heavy atom. The van der Waals surface area contributed by atoms with Gasteiger partial charge in [-0.3, -0.25) is 4.98 Å². The highest BCUT2D eigenvalue weighted by Crippen LogP contribution is 2.59. The van der Waals surface area contributed by atoms with Crippen LogP contribution in [0.5, 0.6) is 0 Å². The smallest absolute Gasteiger partial charge is 0.257 e. The van der Waals surface area contributed by atoms with Crippen molar-refractivity contribution in [3.63, 3.8) is 0 Å². The number of thiocarbonyl (C=S) groups is 1. The summed E-state index contributed by atoms with van der Waals surface area (Å²) in [5.74, 6) is -3.21. The van der Waals surface area contributed by atoms with E-state index in [1.165, 1.54) is 12.0 Å². The van der Waals surface area contributed by atoms with Gasteiger partial charge in [-0.05, 0) is 43.1 Å². The number of alkyl halides is 2. The first-order valence-corrected chi connectivity index (χ1v) is 9.53. The highest BCUT2D eigenvalue weighted by atomic mass is 32.1. The fourth-order valence-corrected chi connectivity index (χ4v) is 4.61. The van der Waals surface area contributed by atoms with Crippen LogP contribution in [-0.2, 0) is 0 Å². The number of hydrogen-bond donors (Lipinski definition) is 1. The zero-order chi connectivity index (χ0) is 17.4. The molecule has 3 atom stereocenters. The summed E-state index contributed by atoms with van der Waals surface area (Å²) in [6, 6.07) is 4.35. The van der Waals surface area contributed by atoms with Gasteiger partial charge in [-0.2, -0.15) is 0 Å². The van der Waals surface area contributed by atoms with Crippen LogP contribution in [0.1, 0.15) is 30.9 Å². The average molecular weight is 366 g/mol. The van der Waals surface area contributed by atoms with Crippen molar-refractivity contribution in [3.05, 3.63) is 30.1 Å². The normalized spacial score (nSPS) is 30.8. The molecule has 3 unspecified atom stereocenters. The van der Waals surface area contributed by atoms with Crippen molar-refractivity contribution in [1.29, 1.82) is 0 Å². The van der Waals surface area contributed by atoms with E-state index in [1.54, 1.807) is 6.20 Å². The number of nitrogens with zero attached hydrogens (tertiary/aromatic N) is 3. The SMILES string of the molecule is FC1(F)C2CN(CCNC(=S)N3CCCCC3c3cccnc3)CC21. The van der Waals surface area contributed by atoms with Crippen LogP contribution >= 0.6 is 12.2 Å². The topological polar surface area (TPSA) is 31.4 Å². The maximum atomic E-state index is 13.2. The van der Waals surface area contributed by atoms with E-state index in [0.717, 1.165) is 31.0 Å². The molecule has 4 nitrogen and oxygen atoms in total. The van der Waals surface area contributed by atoms with Crippen molar-refractivity contribution in [3.8, 4) is 0 Å². The molecule has 2 aliphatic heterocycles. The zero-order valence-corrected chi connectivity index (χ0v) is 15.0. The summed E-state index contributed by atoms with van der Waals surface area (Å²) in [5, 5.41) is 4.10. The van der Waals surface area contributed by atoms with Gasteiger partial charge in [0.1, 0.15) is 0 Å². The molecule has 0 spiro atoms. The summed E-state index contributed by atoms with van der Waals surface area (Å²) >= 11 is 5.62. The van der Waals surface area contributed by atoms with E-state index in [1.807, 2.05) is 12.3 Å². The van der Waals surface area contributed by atoms with Gasteiger partial charge in [0, 0.05) is 57.0 Å². The van der Waals surface area contributed by atoms with E-state index >= 15 is 0 Å². The number of likely N-dealkylation sites (tertiary alicyclic amines) is 2. The van der Waals surface area contributed by atoms with Crippen molar-refractivity contribution in [1.82, 2.24) is 20.1 Å². The van der Waals surface area contributed by atoms with E-state index in [-0.39, 0.29) is 6.04 Å². The third kappa shape index (κ3) is 3.36. The minimum Gasteiger partial charge on any atom is -0.361 e. The van der Waals surface area contributed by atoms with Crippen LogP contribution in [0.15, 0.2) is 24.5 Å². The zero-order valence-electron chi connectivity index (χ0n) is 14.2. The minimum atomic E-state index is -2.40. The van der Waals surface area contributed by atoms with Crippen LogP contribution < -0.4 is 5.32 Å². The highest BCUT2D eigenvalue weighted by molar-refractivity contribution is 7.80. The monoisotopic (exact) mass is 366 g/mol. The molecule has 4 rings (SSSR count). The summed E-state index contributed by atoms with van der Waals surface area (Å²) in [7, 11) is 0. The number of fused-ring (bicyclic) bond motifs is 1. The summed E-state index contributed by atoms with van der Waals surface area (Å²) in [6.07, 6.45) is 7.13. The summed E-state index contributed by atoms with van der Waals surface area (Å²) in [4.78, 5) is 8.61. The van der Waals surface area contributed by atoms with Crippen LogP contribution in [0, 0.1) is 11.8 Å². The standard InChI is InChI=1S/C18H24F2N4S/c19-18(20)14-11-23(12-15(14)18)9-7-22-17(25)24-8-2-1-5-16(24)13-4-3-6-21-10-13/h3-4,6,10,14-16H,1-2,5,7-9,11-12H2,(H,22,25). The van der Waals surface area contributed by atoms with E-state index in [9.17, 15) is 8.78 Å². The average Bonchev–Trinajstić information content (AvgIpc) is 2.99. The fraction of sp³-hybridized carbons (Fsp3) is 0.667. The number of aromatic nitrogens is 1. The van der Waals surface area contributed by atoms with Gasteiger partial charge in [0.05, 0.1) is 6.04 Å². The fourth-order valence-electron chi connectivity index (χ4n) is 4.29. The number of piperidine rings is 2. The Hall–Kier alpha value is -1.34. The first-order chi connectivity index (χ1) is 12.1. The number of rotatable bonds is 4. The Kier molecular flexibility index (Phi) is 4.62. The van der Waals surface area contributed by atoms with Crippen LogP contribution in [-0.4, -0.2) is 58.5 Å². The van der Waals surface area contributed by atoms with E-state index in [2.05, 4.69) is 26.2 Å². The second-order valence-corrected chi connectivity index (χ2v) is 7.76. The van der Waals surface area contributed by atoms with Crippen molar-refractivity contribution >= 4 is 17.3 Å². The molecule has 1 aromatic heterocycles. The van der Waals surface area contributed by atoms with Crippen molar-refractivity contribution < 1.29 is 8.78 Å². The summed E-state index contributed by atoms with van der Waals surface area (Å²) in [5.41, 5.74) is 1.20. The Morgan fingerprint density at radius 2 is 2.12 bits per heavy atom. The van der Waals surface area contributed by atoms with Gasteiger partial charge in [0.15, 0.2) is 5.11 Å². The molecular formula is C18H24F2N4S. The van der Waals surface area contributed by atoms with Gasteiger partial charge < -0.3 is 15.1 Å². The molecule has 1 N–H and O–H groups in total. The molecular weight excluding hydrogens is 342 g/mol. The lowest BCUT2D eigenvalue weighted by atomic mass is 9.97. The molecule has 2 saturated heterocycles. The van der Waals surface area contributed by atoms with Gasteiger partial charge >= 0.3 is 0 Å². The third-order valence-electron chi connectivity index (χ3n) is 5.81. The van der Waals surface area contributed by atoms with Crippen molar-refractivity contribution in [2.45, 2.75) is 31.2 Å². The number of nitrogens with one attached hydrogen (secondary N) is 1. The summed E-state index contributed by atoms with van der Waals surface area (Å²) in [6.45, 7) is 3.47. The molecule has 0 amide bonds. The van der Waals surface area contributed by atoms with Crippen LogP contribution in [0.4, 0.5) is 8.78 Å². The quantitative estimate of drug-likeness (QED) is 0.828. The Balaban J connectivity index is 1.27. The largest absolute Gasteiger partial charge is 0.361 e. The van der Waals surface area contributed by atoms with E-state index in [0.29, 0.717) is 19.6 Å². The minimum absolute atomic E-state index is 0.278. The van der Waals surface area contributed by atoms with Crippen LogP contribution in [0.2, 0.25) is 0 Å². The molecule has 1 saturated carbocycles. The lowest BCUT2D eigenvalue weighted by Gasteiger charge is -2.38. The molecule has 0 radical (unpaired) electrons. The number of hydrogen-bond acceptors (Lipinski definition) is 3. The maximum absolute atomic E-state index is 13.2. The molecule has 0 aromatic carbocycles. The van der Waals surface area contributed by atoms with Gasteiger partial charge in [-0.15, -0.1) is 0 Å².